The van der Waals surface area contributed by atoms with Crippen molar-refractivity contribution in [3.05, 3.63) is 0 Å². The summed E-state index contributed by atoms with van der Waals surface area (Å²) in [4.78, 5) is 0. The second-order valence-corrected chi connectivity index (χ2v) is 5.14. The van der Waals surface area contributed by atoms with E-state index in [0.29, 0.717) is 12.1 Å². The Labute approximate surface area is 103 Å². The zero-order chi connectivity index (χ0) is 12.4. The smallest absolute Gasteiger partial charge is 0.0215 e. The average molecular weight is 228 g/mol. The summed E-state index contributed by atoms with van der Waals surface area (Å²) in [5.41, 5.74) is 0. The molecule has 2 atom stereocenters. The van der Waals surface area contributed by atoms with E-state index < -0.39 is 0 Å². The van der Waals surface area contributed by atoms with Crippen LogP contribution in [0.5, 0.6) is 0 Å². The fraction of sp³-hybridized carbons (Fsp3) is 1.00. The van der Waals surface area contributed by atoms with Gasteiger partial charge in [0.05, 0.1) is 0 Å². The van der Waals surface area contributed by atoms with Crippen molar-refractivity contribution in [3.8, 4) is 0 Å². The second kappa shape index (κ2) is 10.1. The molecule has 0 amide bonds. The van der Waals surface area contributed by atoms with Gasteiger partial charge in [-0.1, -0.05) is 52.4 Å². The molecule has 0 aliphatic carbocycles. The van der Waals surface area contributed by atoms with E-state index in [-0.39, 0.29) is 0 Å². The molecule has 0 aromatic carbocycles. The van der Waals surface area contributed by atoms with Gasteiger partial charge in [-0.25, -0.2) is 5.01 Å². The summed E-state index contributed by atoms with van der Waals surface area (Å²) in [5.74, 6) is 6.16. The minimum absolute atomic E-state index is 0.531. The zero-order valence-electron chi connectivity index (χ0n) is 11.8. The van der Waals surface area contributed by atoms with E-state index in [4.69, 9.17) is 5.84 Å². The maximum absolute atomic E-state index is 6.16. The van der Waals surface area contributed by atoms with Crippen LogP contribution in [-0.2, 0) is 0 Å². The van der Waals surface area contributed by atoms with E-state index in [1.165, 1.54) is 51.4 Å². The minimum atomic E-state index is 0.531. The Kier molecular flexibility index (Phi) is 10.0. The molecule has 0 aliphatic heterocycles. The molecule has 0 fully saturated rings. The van der Waals surface area contributed by atoms with Gasteiger partial charge in [0.15, 0.2) is 0 Å². The van der Waals surface area contributed by atoms with Crippen LogP contribution in [0.2, 0.25) is 0 Å². The van der Waals surface area contributed by atoms with Gasteiger partial charge in [-0.2, -0.15) is 0 Å². The molecule has 0 rings (SSSR count). The first-order valence-corrected chi connectivity index (χ1v) is 7.16. The highest BCUT2D eigenvalue weighted by Crippen LogP contribution is 2.13. The Morgan fingerprint density at radius 2 is 1.19 bits per heavy atom. The summed E-state index contributed by atoms with van der Waals surface area (Å²) in [7, 11) is 0. The molecule has 0 aliphatic rings. The van der Waals surface area contributed by atoms with Crippen LogP contribution >= 0.6 is 0 Å². The van der Waals surface area contributed by atoms with Crippen molar-refractivity contribution in [1.29, 1.82) is 0 Å². The maximum atomic E-state index is 6.16. The van der Waals surface area contributed by atoms with Crippen molar-refractivity contribution < 1.29 is 0 Å². The Morgan fingerprint density at radius 3 is 1.50 bits per heavy atom. The Hall–Kier alpha value is -0.0800. The number of nitrogens with zero attached hydrogens (tertiary/aromatic N) is 1. The van der Waals surface area contributed by atoms with Gasteiger partial charge >= 0.3 is 0 Å². The lowest BCUT2D eigenvalue weighted by Gasteiger charge is -2.30. The monoisotopic (exact) mass is 228 g/mol. The average Bonchev–Trinajstić information content (AvgIpc) is 2.28. The Bertz CT molecular complexity index is 132. The highest BCUT2D eigenvalue weighted by molar-refractivity contribution is 4.68. The van der Waals surface area contributed by atoms with Gasteiger partial charge in [-0.3, -0.25) is 5.84 Å². The lowest BCUT2D eigenvalue weighted by Crippen LogP contribution is -2.45. The number of hydrogen-bond acceptors (Lipinski definition) is 2. The third kappa shape index (κ3) is 7.24. The van der Waals surface area contributed by atoms with E-state index in [1.807, 2.05) is 0 Å². The Morgan fingerprint density at radius 1 is 0.812 bits per heavy atom. The van der Waals surface area contributed by atoms with Gasteiger partial charge in [-0.15, -0.1) is 0 Å². The van der Waals surface area contributed by atoms with Gasteiger partial charge in [-0.05, 0) is 26.7 Å². The SMILES string of the molecule is CCCCCC(C)N(N)C(C)CCCCC. The number of unbranched alkanes of at least 4 members (excludes halogenated alkanes) is 4. The van der Waals surface area contributed by atoms with Gasteiger partial charge in [0.1, 0.15) is 0 Å². The van der Waals surface area contributed by atoms with Crippen LogP contribution in [-0.4, -0.2) is 17.1 Å². The maximum Gasteiger partial charge on any atom is 0.0215 e. The lowest BCUT2D eigenvalue weighted by atomic mass is 10.1. The van der Waals surface area contributed by atoms with Crippen LogP contribution in [0.15, 0.2) is 0 Å². The number of hydrazine groups is 1. The summed E-state index contributed by atoms with van der Waals surface area (Å²) < 4.78 is 0. The molecule has 0 aromatic rings. The molecular formula is C14H32N2. The molecule has 98 valence electrons. The fourth-order valence-corrected chi connectivity index (χ4v) is 2.11. The molecule has 0 bridgehead atoms. The third-order valence-corrected chi connectivity index (χ3v) is 3.47. The minimum Gasteiger partial charge on any atom is -0.268 e. The second-order valence-electron chi connectivity index (χ2n) is 5.14. The normalized spacial score (nSPS) is 15.4. The lowest BCUT2D eigenvalue weighted by molar-refractivity contribution is 0.137. The third-order valence-electron chi connectivity index (χ3n) is 3.47. The molecule has 16 heavy (non-hydrogen) atoms. The van der Waals surface area contributed by atoms with Gasteiger partial charge in [0.2, 0.25) is 0 Å². The molecule has 2 N–H and O–H groups in total. The summed E-state index contributed by atoms with van der Waals surface area (Å²) in [6, 6.07) is 1.06. The summed E-state index contributed by atoms with van der Waals surface area (Å²) in [6.07, 6.45) is 10.4. The largest absolute Gasteiger partial charge is 0.268 e. The molecule has 0 aromatic heterocycles. The van der Waals surface area contributed by atoms with Gasteiger partial charge in [0, 0.05) is 12.1 Å². The van der Waals surface area contributed by atoms with Crippen molar-refractivity contribution in [2.45, 2.75) is 91.1 Å². The summed E-state index contributed by atoms with van der Waals surface area (Å²) >= 11 is 0. The number of hydrogen-bond donors (Lipinski definition) is 1. The topological polar surface area (TPSA) is 29.3 Å². The van der Waals surface area contributed by atoms with Crippen LogP contribution in [0.1, 0.15) is 79.1 Å². The van der Waals surface area contributed by atoms with Crippen molar-refractivity contribution in [2.75, 3.05) is 0 Å². The molecular weight excluding hydrogens is 196 g/mol. The summed E-state index contributed by atoms with van der Waals surface area (Å²) in [6.45, 7) is 9.01. The van der Waals surface area contributed by atoms with Crippen molar-refractivity contribution in [2.24, 2.45) is 5.84 Å². The van der Waals surface area contributed by atoms with E-state index >= 15 is 0 Å². The zero-order valence-corrected chi connectivity index (χ0v) is 11.8. The standard InChI is InChI=1S/C14H32N2/c1-5-7-9-11-13(3)16(15)14(4)12-10-8-6-2/h13-14H,5-12,15H2,1-4H3. The highest BCUT2D eigenvalue weighted by atomic mass is 15.4. The Balaban J connectivity index is 3.68. The molecule has 2 heteroatoms. The van der Waals surface area contributed by atoms with Crippen LogP contribution < -0.4 is 5.84 Å². The van der Waals surface area contributed by atoms with Gasteiger partial charge in [0.25, 0.3) is 0 Å². The van der Waals surface area contributed by atoms with E-state index in [9.17, 15) is 0 Å². The molecule has 2 nitrogen and oxygen atoms in total. The van der Waals surface area contributed by atoms with E-state index in [1.54, 1.807) is 0 Å². The number of rotatable bonds is 10. The van der Waals surface area contributed by atoms with E-state index in [2.05, 4.69) is 32.7 Å². The fourth-order valence-electron chi connectivity index (χ4n) is 2.11. The predicted molar refractivity (Wildman–Crippen MR) is 73.2 cm³/mol. The van der Waals surface area contributed by atoms with Crippen molar-refractivity contribution in [3.63, 3.8) is 0 Å². The first-order chi connectivity index (χ1) is 7.63. The number of nitrogens with two attached hydrogens (primary N) is 1. The van der Waals surface area contributed by atoms with Crippen molar-refractivity contribution >= 4 is 0 Å². The van der Waals surface area contributed by atoms with Crippen LogP contribution in [0.3, 0.4) is 0 Å². The van der Waals surface area contributed by atoms with Gasteiger partial charge < -0.3 is 0 Å². The van der Waals surface area contributed by atoms with Crippen LogP contribution in [0, 0.1) is 0 Å². The van der Waals surface area contributed by atoms with E-state index in [0.717, 1.165) is 0 Å². The predicted octanol–water partition coefficient (Wildman–Crippen LogP) is 4.10. The molecule has 0 spiro atoms. The summed E-state index contributed by atoms with van der Waals surface area (Å²) in [5, 5.41) is 2.07. The van der Waals surface area contributed by atoms with Crippen molar-refractivity contribution in [1.82, 2.24) is 5.01 Å². The molecule has 2 unspecified atom stereocenters. The quantitative estimate of drug-likeness (QED) is 0.346. The van der Waals surface area contributed by atoms with Crippen LogP contribution in [0.25, 0.3) is 0 Å². The first-order valence-electron chi connectivity index (χ1n) is 7.16. The molecule has 0 saturated carbocycles. The molecule has 0 heterocycles. The highest BCUT2D eigenvalue weighted by Gasteiger charge is 2.15. The van der Waals surface area contributed by atoms with Crippen LogP contribution in [0.4, 0.5) is 0 Å². The molecule has 0 saturated heterocycles. The molecule has 0 radical (unpaired) electrons. The first kappa shape index (κ1) is 15.9.